The van der Waals surface area contributed by atoms with Crippen molar-refractivity contribution in [1.82, 2.24) is 20.4 Å². The molecule has 1 saturated heterocycles. The second-order valence-electron chi connectivity index (χ2n) is 6.80. The Morgan fingerprint density at radius 3 is 3.15 bits per heavy atom. The van der Waals surface area contributed by atoms with Gasteiger partial charge in [0.05, 0.1) is 12.3 Å². The first kappa shape index (κ1) is 18.7. The number of benzene rings is 1. The summed E-state index contributed by atoms with van der Waals surface area (Å²) in [6, 6.07) is 8.14. The van der Waals surface area contributed by atoms with Gasteiger partial charge in [-0.15, -0.1) is 12.4 Å². The lowest BCUT2D eigenvalue weighted by atomic mass is 9.97. The summed E-state index contributed by atoms with van der Waals surface area (Å²) < 4.78 is 7.24. The molecular weight excluding hydrogens is 352 g/mol. The molecule has 6 nitrogen and oxygen atoms in total. The van der Waals surface area contributed by atoms with Crippen LogP contribution in [0.15, 0.2) is 30.5 Å². The number of carbonyl (C=O) groups excluding carboxylic acids is 1. The van der Waals surface area contributed by atoms with Crippen molar-refractivity contribution in [2.45, 2.75) is 38.3 Å². The molecule has 1 aromatic carbocycles. The number of ether oxygens (including phenoxy) is 1. The van der Waals surface area contributed by atoms with Crippen LogP contribution in [-0.2, 0) is 24.3 Å². The molecule has 3 heterocycles. The van der Waals surface area contributed by atoms with Crippen LogP contribution in [0.2, 0.25) is 0 Å². The predicted molar refractivity (Wildman–Crippen MR) is 102 cm³/mol. The van der Waals surface area contributed by atoms with Gasteiger partial charge in [0.25, 0.3) is 0 Å². The highest BCUT2D eigenvalue weighted by Gasteiger charge is 2.18. The number of nitrogens with one attached hydrogen (secondary N) is 2. The average Bonchev–Trinajstić information content (AvgIpc) is 3.29. The minimum Gasteiger partial charge on any atom is -0.493 e. The first-order valence-electron chi connectivity index (χ1n) is 9.03. The largest absolute Gasteiger partial charge is 0.493 e. The maximum absolute atomic E-state index is 12.2. The number of halogens is 1. The summed E-state index contributed by atoms with van der Waals surface area (Å²) in [6.45, 7) is 3.62. The predicted octanol–water partition coefficient (Wildman–Crippen LogP) is 2.02. The van der Waals surface area contributed by atoms with Gasteiger partial charge in [0.1, 0.15) is 12.3 Å². The van der Waals surface area contributed by atoms with Crippen LogP contribution in [0.25, 0.3) is 0 Å². The van der Waals surface area contributed by atoms with E-state index in [0.29, 0.717) is 12.5 Å². The Morgan fingerprint density at radius 1 is 1.38 bits per heavy atom. The number of hydrogen-bond acceptors (Lipinski definition) is 4. The monoisotopic (exact) mass is 376 g/mol. The second-order valence-corrected chi connectivity index (χ2v) is 6.80. The Kier molecular flexibility index (Phi) is 6.16. The van der Waals surface area contributed by atoms with Gasteiger partial charge >= 0.3 is 0 Å². The third kappa shape index (κ3) is 4.37. The zero-order chi connectivity index (χ0) is 17.1. The van der Waals surface area contributed by atoms with Crippen LogP contribution >= 0.6 is 12.4 Å². The normalized spacial score (nSPS) is 18.5. The number of aromatic nitrogens is 2. The quantitative estimate of drug-likeness (QED) is 0.837. The summed E-state index contributed by atoms with van der Waals surface area (Å²) >= 11 is 0. The lowest BCUT2D eigenvalue weighted by Gasteiger charge is -2.20. The van der Waals surface area contributed by atoms with Crippen molar-refractivity contribution in [3.05, 3.63) is 47.3 Å². The van der Waals surface area contributed by atoms with E-state index in [-0.39, 0.29) is 24.9 Å². The zero-order valence-corrected chi connectivity index (χ0v) is 15.6. The molecule has 2 aliphatic rings. The molecule has 0 bridgehead atoms. The number of fused-ring (bicyclic) bond motifs is 1. The molecule has 1 fully saturated rings. The fourth-order valence-corrected chi connectivity index (χ4v) is 3.54. The molecule has 26 heavy (non-hydrogen) atoms. The minimum absolute atomic E-state index is 0. The van der Waals surface area contributed by atoms with Crippen LogP contribution in [0.1, 0.15) is 35.6 Å². The van der Waals surface area contributed by atoms with Crippen LogP contribution in [0, 0.1) is 0 Å². The summed E-state index contributed by atoms with van der Waals surface area (Å²) in [6.07, 6.45) is 5.20. The van der Waals surface area contributed by atoms with Crippen molar-refractivity contribution in [2.24, 2.45) is 0 Å². The van der Waals surface area contributed by atoms with Crippen LogP contribution in [0.3, 0.4) is 0 Å². The topological polar surface area (TPSA) is 68.2 Å². The van der Waals surface area contributed by atoms with Gasteiger partial charge in [-0.2, -0.15) is 5.10 Å². The highest BCUT2D eigenvalue weighted by Crippen LogP contribution is 2.25. The number of carbonyl (C=O) groups is 1. The molecule has 4 rings (SSSR count). The number of piperidine rings is 1. The third-order valence-corrected chi connectivity index (χ3v) is 4.93. The molecule has 0 radical (unpaired) electrons. The summed E-state index contributed by atoms with van der Waals surface area (Å²) in [5.41, 5.74) is 3.41. The Morgan fingerprint density at radius 2 is 2.31 bits per heavy atom. The fourth-order valence-electron chi connectivity index (χ4n) is 3.54. The van der Waals surface area contributed by atoms with Gasteiger partial charge in [0.15, 0.2) is 0 Å². The van der Waals surface area contributed by atoms with E-state index in [2.05, 4.69) is 21.8 Å². The summed E-state index contributed by atoms with van der Waals surface area (Å²) in [5.74, 6) is 1.41. The molecule has 2 aliphatic heterocycles. The lowest BCUT2D eigenvalue weighted by Crippen LogP contribution is -2.29. The van der Waals surface area contributed by atoms with Gasteiger partial charge in [0, 0.05) is 31.6 Å². The van der Waals surface area contributed by atoms with E-state index in [1.54, 1.807) is 4.68 Å². The number of amides is 1. The van der Waals surface area contributed by atoms with Gasteiger partial charge in [-0.1, -0.05) is 12.1 Å². The standard InChI is InChI=1S/C19H24N4O2.ClH/c24-19(21-11-14-3-4-18-15(10-14)6-9-25-18)13-23-8-5-17(22-23)16-2-1-7-20-12-16;/h3-5,8,10,16,20H,1-2,6-7,9,11-13H2,(H,21,24);1H. The van der Waals surface area contributed by atoms with Crippen molar-refractivity contribution >= 4 is 18.3 Å². The zero-order valence-electron chi connectivity index (χ0n) is 14.7. The summed E-state index contributed by atoms with van der Waals surface area (Å²) in [7, 11) is 0. The molecule has 7 heteroatoms. The van der Waals surface area contributed by atoms with E-state index in [4.69, 9.17) is 4.74 Å². The molecule has 1 aromatic heterocycles. The third-order valence-electron chi connectivity index (χ3n) is 4.93. The van der Waals surface area contributed by atoms with E-state index >= 15 is 0 Å². The number of rotatable bonds is 5. The van der Waals surface area contributed by atoms with E-state index < -0.39 is 0 Å². The van der Waals surface area contributed by atoms with E-state index in [1.165, 1.54) is 12.0 Å². The van der Waals surface area contributed by atoms with Crippen LogP contribution in [-0.4, -0.2) is 35.4 Å². The SMILES string of the molecule is Cl.O=C(Cn1ccc(C2CCCNC2)n1)NCc1ccc2c(c1)CCO2. The molecule has 0 spiro atoms. The van der Waals surface area contributed by atoms with Crippen molar-refractivity contribution in [3.8, 4) is 5.75 Å². The first-order chi connectivity index (χ1) is 12.3. The minimum atomic E-state index is -0.0202. The van der Waals surface area contributed by atoms with E-state index in [9.17, 15) is 4.79 Å². The van der Waals surface area contributed by atoms with E-state index in [0.717, 1.165) is 49.5 Å². The molecule has 1 unspecified atom stereocenters. The molecule has 2 aromatic rings. The Hall–Kier alpha value is -2.05. The van der Waals surface area contributed by atoms with Crippen LogP contribution < -0.4 is 15.4 Å². The lowest BCUT2D eigenvalue weighted by molar-refractivity contribution is -0.122. The van der Waals surface area contributed by atoms with Gasteiger partial charge < -0.3 is 15.4 Å². The highest BCUT2D eigenvalue weighted by atomic mass is 35.5. The van der Waals surface area contributed by atoms with Crippen LogP contribution in [0.5, 0.6) is 5.75 Å². The highest BCUT2D eigenvalue weighted by molar-refractivity contribution is 5.85. The van der Waals surface area contributed by atoms with Gasteiger partial charge in [-0.3, -0.25) is 9.48 Å². The fraction of sp³-hybridized carbons (Fsp3) is 0.474. The Bertz CT molecular complexity index is 756. The second kappa shape index (κ2) is 8.56. The molecule has 2 N–H and O–H groups in total. The molecule has 0 aliphatic carbocycles. The maximum atomic E-state index is 12.2. The molecule has 0 saturated carbocycles. The molecule has 1 atom stereocenters. The molecular formula is C19H25ClN4O2. The van der Waals surface area contributed by atoms with Crippen molar-refractivity contribution in [3.63, 3.8) is 0 Å². The average molecular weight is 377 g/mol. The summed E-state index contributed by atoms with van der Waals surface area (Å²) in [4.78, 5) is 12.2. The van der Waals surface area contributed by atoms with E-state index in [1.807, 2.05) is 24.4 Å². The van der Waals surface area contributed by atoms with Crippen molar-refractivity contribution in [1.29, 1.82) is 0 Å². The smallest absolute Gasteiger partial charge is 0.241 e. The van der Waals surface area contributed by atoms with Crippen molar-refractivity contribution in [2.75, 3.05) is 19.7 Å². The number of hydrogen-bond donors (Lipinski definition) is 2. The molecule has 140 valence electrons. The van der Waals surface area contributed by atoms with Crippen molar-refractivity contribution < 1.29 is 9.53 Å². The van der Waals surface area contributed by atoms with Gasteiger partial charge in [0.2, 0.25) is 5.91 Å². The van der Waals surface area contributed by atoms with Gasteiger partial charge in [-0.25, -0.2) is 0 Å². The van der Waals surface area contributed by atoms with Gasteiger partial charge in [-0.05, 0) is 42.6 Å². The Labute approximate surface area is 159 Å². The summed E-state index contributed by atoms with van der Waals surface area (Å²) in [5, 5.41) is 11.0. The Balaban J connectivity index is 0.00000196. The van der Waals surface area contributed by atoms with Crippen LogP contribution in [0.4, 0.5) is 0 Å². The maximum Gasteiger partial charge on any atom is 0.241 e. The molecule has 1 amide bonds. The number of nitrogens with zero attached hydrogens (tertiary/aromatic N) is 2. The first-order valence-corrected chi connectivity index (χ1v) is 9.03.